The van der Waals surface area contributed by atoms with E-state index in [2.05, 4.69) is 17.9 Å². The van der Waals surface area contributed by atoms with E-state index in [0.29, 0.717) is 12.8 Å². The van der Waals surface area contributed by atoms with Crippen molar-refractivity contribution in [3.8, 4) is 0 Å². The van der Waals surface area contributed by atoms with Crippen molar-refractivity contribution in [1.82, 2.24) is 0 Å². The molecule has 0 aliphatic heterocycles. The van der Waals surface area contributed by atoms with Gasteiger partial charge in [-0.15, -0.1) is 0 Å². The Hall–Kier alpha value is -1.65. The number of carboxylic acids is 1. The Labute approximate surface area is 146 Å². The van der Waals surface area contributed by atoms with Crippen LogP contribution < -0.4 is 0 Å². The minimum atomic E-state index is -0.745. The van der Waals surface area contributed by atoms with Crippen molar-refractivity contribution in [2.75, 3.05) is 0 Å². The van der Waals surface area contributed by atoms with Gasteiger partial charge in [0.15, 0.2) is 0 Å². The van der Waals surface area contributed by atoms with E-state index in [4.69, 9.17) is 10.4 Å². The van der Waals surface area contributed by atoms with Crippen LogP contribution in [-0.2, 0) is 9.68 Å². The van der Waals surface area contributed by atoms with Gasteiger partial charge in [-0.1, -0.05) is 68.4 Å². The standard InChI is InChI=1S/C20H32O4/c1-2-3-4-5-10-13-16-19(24-23)17-14-11-8-6-7-9-12-15-18-20(21)22/h7-11,13-14,17,19,23H,2-6,12,15-16,18H2,1H3,(H,21,22)/b9-7+,11-8-,13-10+,17-14+/t19-/m0/s1. The molecule has 0 saturated heterocycles. The third kappa shape index (κ3) is 16.7. The molecule has 0 rings (SSSR count). The van der Waals surface area contributed by atoms with Gasteiger partial charge in [-0.25, -0.2) is 4.89 Å². The summed E-state index contributed by atoms with van der Waals surface area (Å²) in [5, 5.41) is 17.4. The first kappa shape index (κ1) is 22.4. The van der Waals surface area contributed by atoms with Gasteiger partial charge in [-0.05, 0) is 38.5 Å². The Balaban J connectivity index is 3.79. The molecule has 0 aromatic heterocycles. The van der Waals surface area contributed by atoms with Gasteiger partial charge in [0.2, 0.25) is 0 Å². The van der Waals surface area contributed by atoms with E-state index < -0.39 is 5.97 Å². The first-order chi connectivity index (χ1) is 11.7. The van der Waals surface area contributed by atoms with Gasteiger partial charge in [0.05, 0.1) is 0 Å². The van der Waals surface area contributed by atoms with Gasteiger partial charge in [-0.3, -0.25) is 10.1 Å². The molecule has 0 heterocycles. The fraction of sp³-hybridized carbons (Fsp3) is 0.550. The average Bonchev–Trinajstić information content (AvgIpc) is 2.57. The lowest BCUT2D eigenvalue weighted by Gasteiger charge is -2.04. The quantitative estimate of drug-likeness (QED) is 0.133. The summed E-state index contributed by atoms with van der Waals surface area (Å²) in [4.78, 5) is 14.8. The number of allylic oxidation sites excluding steroid dienone is 6. The molecule has 136 valence electrons. The SMILES string of the molecule is CCCCC/C=C/C[C@@H](/C=C/C=C\C/C=C/CCCC(=O)O)OO. The molecule has 0 saturated carbocycles. The smallest absolute Gasteiger partial charge is 0.303 e. The Kier molecular flexibility index (Phi) is 16.5. The normalized spacial score (nSPS) is 13.8. The highest BCUT2D eigenvalue weighted by Crippen LogP contribution is 2.04. The first-order valence-corrected chi connectivity index (χ1v) is 8.86. The fourth-order valence-corrected chi connectivity index (χ4v) is 2.03. The van der Waals surface area contributed by atoms with Crippen LogP contribution in [-0.4, -0.2) is 22.4 Å². The number of carboxylic acid groups (broad SMARTS) is 1. The molecular weight excluding hydrogens is 304 g/mol. The first-order valence-electron chi connectivity index (χ1n) is 8.86. The molecule has 2 N–H and O–H groups in total. The summed E-state index contributed by atoms with van der Waals surface area (Å²) in [5.74, 6) is -0.745. The molecule has 0 radical (unpaired) electrons. The number of hydrogen-bond donors (Lipinski definition) is 2. The molecule has 0 aliphatic rings. The van der Waals surface area contributed by atoms with Gasteiger partial charge in [-0.2, -0.15) is 0 Å². The predicted molar refractivity (Wildman–Crippen MR) is 98.9 cm³/mol. The van der Waals surface area contributed by atoms with Crippen molar-refractivity contribution < 1.29 is 20.0 Å². The lowest BCUT2D eigenvalue weighted by molar-refractivity contribution is -0.264. The van der Waals surface area contributed by atoms with Crippen molar-refractivity contribution in [2.45, 2.75) is 70.8 Å². The van der Waals surface area contributed by atoms with Gasteiger partial charge >= 0.3 is 5.97 Å². The van der Waals surface area contributed by atoms with Gasteiger partial charge in [0.25, 0.3) is 0 Å². The molecule has 0 fully saturated rings. The molecule has 1 atom stereocenters. The minimum Gasteiger partial charge on any atom is -0.481 e. The van der Waals surface area contributed by atoms with Crippen LogP contribution in [0.25, 0.3) is 0 Å². The Morgan fingerprint density at radius 3 is 2.46 bits per heavy atom. The van der Waals surface area contributed by atoms with Crippen LogP contribution in [0, 0.1) is 0 Å². The Morgan fingerprint density at radius 2 is 1.75 bits per heavy atom. The second kappa shape index (κ2) is 17.7. The summed E-state index contributed by atoms with van der Waals surface area (Å²) in [6.45, 7) is 2.19. The molecule has 0 aromatic rings. The minimum absolute atomic E-state index is 0.221. The van der Waals surface area contributed by atoms with Crippen LogP contribution in [0.4, 0.5) is 0 Å². The van der Waals surface area contributed by atoms with E-state index in [0.717, 1.165) is 19.3 Å². The summed E-state index contributed by atoms with van der Waals surface area (Å²) in [6.07, 6.45) is 23.4. The maximum atomic E-state index is 10.3. The maximum Gasteiger partial charge on any atom is 0.303 e. The Bertz CT molecular complexity index is 408. The van der Waals surface area contributed by atoms with E-state index in [1.807, 2.05) is 42.5 Å². The molecular formula is C20H32O4. The highest BCUT2D eigenvalue weighted by molar-refractivity contribution is 5.66. The fourth-order valence-electron chi connectivity index (χ4n) is 2.03. The van der Waals surface area contributed by atoms with Gasteiger partial charge in [0, 0.05) is 6.42 Å². The molecule has 4 heteroatoms. The molecule has 0 amide bonds. The van der Waals surface area contributed by atoms with E-state index in [9.17, 15) is 4.79 Å². The van der Waals surface area contributed by atoms with E-state index >= 15 is 0 Å². The lowest BCUT2D eigenvalue weighted by atomic mass is 10.1. The second-order valence-corrected chi connectivity index (χ2v) is 5.65. The van der Waals surface area contributed by atoms with Gasteiger partial charge in [0.1, 0.15) is 6.10 Å². The zero-order valence-corrected chi connectivity index (χ0v) is 14.8. The molecule has 0 aromatic carbocycles. The van der Waals surface area contributed by atoms with Crippen LogP contribution >= 0.6 is 0 Å². The summed E-state index contributed by atoms with van der Waals surface area (Å²) < 4.78 is 0. The Morgan fingerprint density at radius 1 is 1.00 bits per heavy atom. The largest absolute Gasteiger partial charge is 0.481 e. The number of rotatable bonds is 15. The molecule has 0 aliphatic carbocycles. The summed E-state index contributed by atoms with van der Waals surface area (Å²) >= 11 is 0. The van der Waals surface area contributed by atoms with Crippen LogP contribution in [0.5, 0.6) is 0 Å². The van der Waals surface area contributed by atoms with Crippen molar-refractivity contribution in [1.29, 1.82) is 0 Å². The zero-order chi connectivity index (χ0) is 17.9. The van der Waals surface area contributed by atoms with Crippen molar-refractivity contribution in [3.05, 3.63) is 48.6 Å². The number of hydrogen-bond acceptors (Lipinski definition) is 3. The third-order valence-electron chi connectivity index (χ3n) is 3.42. The molecule has 0 bridgehead atoms. The predicted octanol–water partition coefficient (Wildman–Crippen LogP) is 5.68. The third-order valence-corrected chi connectivity index (χ3v) is 3.42. The topological polar surface area (TPSA) is 66.8 Å². The number of aliphatic carboxylic acids is 1. The number of carbonyl (C=O) groups is 1. The maximum absolute atomic E-state index is 10.3. The van der Waals surface area contributed by atoms with Crippen molar-refractivity contribution in [3.63, 3.8) is 0 Å². The van der Waals surface area contributed by atoms with Crippen LogP contribution in [0.15, 0.2) is 48.6 Å². The molecule has 0 spiro atoms. The zero-order valence-electron chi connectivity index (χ0n) is 14.8. The second-order valence-electron chi connectivity index (χ2n) is 5.65. The monoisotopic (exact) mass is 336 g/mol. The summed E-state index contributed by atoms with van der Waals surface area (Å²) in [6, 6.07) is 0. The lowest BCUT2D eigenvalue weighted by Crippen LogP contribution is -2.04. The van der Waals surface area contributed by atoms with E-state index in [-0.39, 0.29) is 12.5 Å². The molecule has 0 unspecified atom stereocenters. The van der Waals surface area contributed by atoms with Crippen molar-refractivity contribution in [2.24, 2.45) is 0 Å². The van der Waals surface area contributed by atoms with Crippen LogP contribution in [0.2, 0.25) is 0 Å². The van der Waals surface area contributed by atoms with E-state index in [1.54, 1.807) is 0 Å². The number of unbranched alkanes of at least 4 members (excludes halogenated alkanes) is 4. The van der Waals surface area contributed by atoms with Crippen LogP contribution in [0.1, 0.15) is 64.7 Å². The summed E-state index contributed by atoms with van der Waals surface area (Å²) in [7, 11) is 0. The van der Waals surface area contributed by atoms with Crippen molar-refractivity contribution >= 4 is 5.97 Å². The highest BCUT2D eigenvalue weighted by atomic mass is 17.1. The highest BCUT2D eigenvalue weighted by Gasteiger charge is 1.99. The molecule has 24 heavy (non-hydrogen) atoms. The summed E-state index contributed by atoms with van der Waals surface area (Å²) in [5.41, 5.74) is 0. The van der Waals surface area contributed by atoms with Crippen LogP contribution in [0.3, 0.4) is 0 Å². The average molecular weight is 336 g/mol. The molecule has 4 nitrogen and oxygen atoms in total. The van der Waals surface area contributed by atoms with E-state index in [1.165, 1.54) is 19.3 Å². The van der Waals surface area contributed by atoms with Gasteiger partial charge < -0.3 is 5.11 Å².